The number of aryl methyl sites for hydroxylation is 1. The van der Waals surface area contributed by atoms with E-state index in [4.69, 9.17) is 0 Å². The van der Waals surface area contributed by atoms with E-state index in [0.29, 0.717) is 6.54 Å². The molecule has 0 aliphatic heterocycles. The maximum Gasteiger partial charge on any atom is 0.244 e. The lowest BCUT2D eigenvalue weighted by Gasteiger charge is -2.10. The van der Waals surface area contributed by atoms with Crippen molar-refractivity contribution in [2.75, 3.05) is 5.32 Å². The van der Waals surface area contributed by atoms with Crippen LogP contribution >= 0.6 is 22.6 Å². The monoisotopic (exact) mass is 390 g/mol. The molecule has 1 N–H and O–H groups in total. The first-order valence-electron chi connectivity index (χ1n) is 6.73. The fraction of sp³-hybridized carbons (Fsp3) is 0.118. The van der Waals surface area contributed by atoms with E-state index in [9.17, 15) is 4.79 Å². The van der Waals surface area contributed by atoms with Gasteiger partial charge in [-0.15, -0.1) is 0 Å². The van der Waals surface area contributed by atoms with Gasteiger partial charge in [0.05, 0.1) is 0 Å². The van der Waals surface area contributed by atoms with Crippen LogP contribution in [0, 0.1) is 10.5 Å². The van der Waals surface area contributed by atoms with Crippen molar-refractivity contribution in [3.63, 3.8) is 0 Å². The molecule has 0 spiro atoms. The van der Waals surface area contributed by atoms with E-state index < -0.39 is 0 Å². The molecule has 1 aromatic heterocycles. The SMILES string of the molecule is Cc1cc(I)ccc1NC(=O)Cn1ccc2ccccc21. The van der Waals surface area contributed by atoms with E-state index in [0.717, 1.165) is 22.2 Å². The number of aromatic nitrogens is 1. The van der Waals surface area contributed by atoms with Gasteiger partial charge in [-0.25, -0.2) is 0 Å². The van der Waals surface area contributed by atoms with Gasteiger partial charge in [0.15, 0.2) is 0 Å². The molecule has 2 aromatic carbocycles. The van der Waals surface area contributed by atoms with Gasteiger partial charge in [-0.05, 0) is 70.8 Å². The fourth-order valence-corrected chi connectivity index (χ4v) is 3.04. The number of rotatable bonds is 3. The van der Waals surface area contributed by atoms with Gasteiger partial charge in [0.25, 0.3) is 0 Å². The van der Waals surface area contributed by atoms with Gasteiger partial charge >= 0.3 is 0 Å². The Morgan fingerprint density at radius 1 is 1.19 bits per heavy atom. The number of benzene rings is 2. The summed E-state index contributed by atoms with van der Waals surface area (Å²) in [6.07, 6.45) is 1.95. The van der Waals surface area contributed by atoms with Crippen molar-refractivity contribution in [2.45, 2.75) is 13.5 Å². The van der Waals surface area contributed by atoms with Gasteiger partial charge in [-0.1, -0.05) is 18.2 Å². The van der Waals surface area contributed by atoms with E-state index in [2.05, 4.69) is 34.0 Å². The fourth-order valence-electron chi connectivity index (χ4n) is 2.39. The number of amides is 1. The summed E-state index contributed by atoms with van der Waals surface area (Å²) in [6.45, 7) is 2.32. The first-order chi connectivity index (χ1) is 10.1. The average molecular weight is 390 g/mol. The summed E-state index contributed by atoms with van der Waals surface area (Å²) in [5.74, 6) is -0.0133. The lowest BCUT2D eigenvalue weighted by molar-refractivity contribution is -0.116. The predicted octanol–water partition coefficient (Wildman–Crippen LogP) is 4.19. The van der Waals surface area contributed by atoms with Gasteiger partial charge in [-0.2, -0.15) is 0 Å². The van der Waals surface area contributed by atoms with Crippen LogP contribution in [0.5, 0.6) is 0 Å². The minimum Gasteiger partial charge on any atom is -0.338 e. The second-order valence-electron chi connectivity index (χ2n) is 5.01. The van der Waals surface area contributed by atoms with Crippen LogP contribution in [-0.2, 0) is 11.3 Å². The highest BCUT2D eigenvalue weighted by molar-refractivity contribution is 14.1. The molecule has 0 aliphatic rings. The number of para-hydroxylation sites is 1. The molecule has 3 aromatic rings. The highest BCUT2D eigenvalue weighted by Crippen LogP contribution is 2.18. The van der Waals surface area contributed by atoms with Crippen molar-refractivity contribution < 1.29 is 4.79 Å². The number of fused-ring (bicyclic) bond motifs is 1. The molecule has 0 bridgehead atoms. The van der Waals surface area contributed by atoms with Crippen LogP contribution < -0.4 is 5.32 Å². The molecule has 21 heavy (non-hydrogen) atoms. The Morgan fingerprint density at radius 3 is 2.81 bits per heavy atom. The van der Waals surface area contributed by atoms with Crippen LogP contribution in [0.25, 0.3) is 10.9 Å². The lowest BCUT2D eigenvalue weighted by atomic mass is 10.2. The molecular formula is C17H15IN2O. The van der Waals surface area contributed by atoms with Crippen molar-refractivity contribution in [1.29, 1.82) is 0 Å². The maximum absolute atomic E-state index is 12.2. The summed E-state index contributed by atoms with van der Waals surface area (Å²) >= 11 is 2.27. The van der Waals surface area contributed by atoms with E-state index >= 15 is 0 Å². The smallest absolute Gasteiger partial charge is 0.244 e. The summed E-state index contributed by atoms with van der Waals surface area (Å²) < 4.78 is 3.13. The van der Waals surface area contributed by atoms with Crippen LogP contribution in [0.4, 0.5) is 5.69 Å². The second-order valence-corrected chi connectivity index (χ2v) is 6.26. The van der Waals surface area contributed by atoms with Crippen molar-refractivity contribution in [3.8, 4) is 0 Å². The molecule has 3 nitrogen and oxygen atoms in total. The number of hydrogen-bond donors (Lipinski definition) is 1. The Morgan fingerprint density at radius 2 is 2.00 bits per heavy atom. The van der Waals surface area contributed by atoms with Gasteiger partial charge in [0.2, 0.25) is 5.91 Å². The Labute approximate surface area is 137 Å². The van der Waals surface area contributed by atoms with Crippen molar-refractivity contribution >= 4 is 45.1 Å². The topological polar surface area (TPSA) is 34.0 Å². The minimum absolute atomic E-state index is 0.0133. The molecule has 106 valence electrons. The van der Waals surface area contributed by atoms with Gasteiger partial charge in [0, 0.05) is 21.0 Å². The predicted molar refractivity (Wildman–Crippen MR) is 94.5 cm³/mol. The van der Waals surface area contributed by atoms with Crippen LogP contribution in [0.3, 0.4) is 0 Å². The van der Waals surface area contributed by atoms with Crippen molar-refractivity contribution in [2.24, 2.45) is 0 Å². The highest BCUT2D eigenvalue weighted by Gasteiger charge is 2.08. The molecule has 0 saturated carbocycles. The summed E-state index contributed by atoms with van der Waals surface area (Å²) in [4.78, 5) is 12.2. The van der Waals surface area contributed by atoms with Gasteiger partial charge in [-0.3, -0.25) is 4.79 Å². The van der Waals surface area contributed by atoms with E-state index in [1.165, 1.54) is 3.57 Å². The first-order valence-corrected chi connectivity index (χ1v) is 7.81. The molecule has 0 saturated heterocycles. The third-order valence-electron chi connectivity index (χ3n) is 3.46. The Balaban J connectivity index is 1.77. The van der Waals surface area contributed by atoms with Gasteiger partial charge < -0.3 is 9.88 Å². The summed E-state index contributed by atoms with van der Waals surface area (Å²) in [5, 5.41) is 4.13. The number of nitrogens with one attached hydrogen (secondary N) is 1. The second kappa shape index (κ2) is 5.89. The molecule has 0 aliphatic carbocycles. The van der Waals surface area contributed by atoms with Crippen LogP contribution in [0.15, 0.2) is 54.7 Å². The third kappa shape index (κ3) is 3.10. The zero-order valence-electron chi connectivity index (χ0n) is 11.6. The largest absolute Gasteiger partial charge is 0.338 e. The molecule has 1 amide bonds. The molecule has 0 radical (unpaired) electrons. The number of carbonyl (C=O) groups is 1. The highest BCUT2D eigenvalue weighted by atomic mass is 127. The normalized spacial score (nSPS) is 10.8. The van der Waals surface area contributed by atoms with Crippen molar-refractivity contribution in [3.05, 3.63) is 63.9 Å². The average Bonchev–Trinajstić information content (AvgIpc) is 2.85. The quantitative estimate of drug-likeness (QED) is 0.669. The van der Waals surface area contributed by atoms with E-state index in [1.807, 2.05) is 60.2 Å². The van der Waals surface area contributed by atoms with E-state index in [1.54, 1.807) is 0 Å². The van der Waals surface area contributed by atoms with Crippen LogP contribution in [0.1, 0.15) is 5.56 Å². The lowest BCUT2D eigenvalue weighted by Crippen LogP contribution is -2.18. The molecule has 4 heteroatoms. The Bertz CT molecular complexity index is 807. The molecule has 0 unspecified atom stereocenters. The summed E-state index contributed by atoms with van der Waals surface area (Å²) in [7, 11) is 0. The number of hydrogen-bond acceptors (Lipinski definition) is 1. The zero-order valence-corrected chi connectivity index (χ0v) is 13.8. The summed E-state index contributed by atoms with van der Waals surface area (Å²) in [6, 6.07) is 16.1. The Hall–Kier alpha value is -1.82. The number of carbonyl (C=O) groups excluding carboxylic acids is 1. The molecule has 1 heterocycles. The summed E-state index contributed by atoms with van der Waals surface area (Å²) in [5.41, 5.74) is 3.02. The molecule has 0 fully saturated rings. The molecule has 0 atom stereocenters. The van der Waals surface area contributed by atoms with Crippen LogP contribution in [-0.4, -0.2) is 10.5 Å². The van der Waals surface area contributed by atoms with Crippen molar-refractivity contribution in [1.82, 2.24) is 4.57 Å². The van der Waals surface area contributed by atoms with Crippen LogP contribution in [0.2, 0.25) is 0 Å². The Kier molecular flexibility index (Phi) is 3.96. The van der Waals surface area contributed by atoms with E-state index in [-0.39, 0.29) is 5.91 Å². The third-order valence-corrected chi connectivity index (χ3v) is 4.13. The minimum atomic E-state index is -0.0133. The number of anilines is 1. The zero-order chi connectivity index (χ0) is 14.8. The standard InChI is InChI=1S/C17H15IN2O/c1-12-10-14(18)6-7-15(12)19-17(21)11-20-9-8-13-4-2-3-5-16(13)20/h2-10H,11H2,1H3,(H,19,21). The number of halogens is 1. The number of nitrogens with zero attached hydrogens (tertiary/aromatic N) is 1. The first kappa shape index (κ1) is 14.1. The molecule has 3 rings (SSSR count). The molecular weight excluding hydrogens is 375 g/mol. The maximum atomic E-state index is 12.2. The van der Waals surface area contributed by atoms with Gasteiger partial charge in [0.1, 0.15) is 6.54 Å².